The topological polar surface area (TPSA) is 91.1 Å². The van der Waals surface area contributed by atoms with Crippen LogP contribution < -0.4 is 5.32 Å². The number of carbonyl (C=O) groups is 2. The van der Waals surface area contributed by atoms with Gasteiger partial charge in [-0.05, 0) is 0 Å². The van der Waals surface area contributed by atoms with Crippen molar-refractivity contribution in [3.05, 3.63) is 30.4 Å². The molecule has 0 spiro atoms. The van der Waals surface area contributed by atoms with Gasteiger partial charge in [-0.25, -0.2) is 0 Å². The van der Waals surface area contributed by atoms with E-state index in [9.17, 15) is 9.59 Å². The fourth-order valence-corrected chi connectivity index (χ4v) is 2.38. The molecule has 0 radical (unpaired) electrons. The number of carboxylic acid groups (broad SMARTS) is 1. The molecule has 0 bridgehead atoms. The molecule has 7 heteroatoms. The Morgan fingerprint density at radius 2 is 2.12 bits per heavy atom. The summed E-state index contributed by atoms with van der Waals surface area (Å²) in [5, 5.41) is 11.0. The summed E-state index contributed by atoms with van der Waals surface area (Å²) in [6, 6.07) is 5.28. The average Bonchev–Trinajstić information content (AvgIpc) is 2.75. The number of benzene rings is 1. The summed E-state index contributed by atoms with van der Waals surface area (Å²) in [5.74, 6) is -1.67. The number of amides is 1. The van der Waals surface area contributed by atoms with Gasteiger partial charge in [-0.1, -0.05) is 0 Å². The van der Waals surface area contributed by atoms with Crippen LogP contribution in [-0.4, -0.2) is 31.6 Å². The quantitative estimate of drug-likeness (QED) is 0.666. The molecule has 2 rings (SSSR count). The van der Waals surface area contributed by atoms with Crippen LogP contribution in [0.15, 0.2) is 38.3 Å². The summed E-state index contributed by atoms with van der Waals surface area (Å²) >= 11 is -0.167. The normalized spacial score (nSPS) is 12.2. The molecule has 2 N–H and O–H groups in total. The van der Waals surface area contributed by atoms with Gasteiger partial charge in [0.25, 0.3) is 0 Å². The molecule has 1 amide bonds. The number of carboxylic acids is 1. The molecular formula is C10H7N3O3Se. The number of nitrogens with one attached hydrogen (secondary N) is 1. The number of carbonyl (C=O) groups excluding carboxylic acids is 1. The summed E-state index contributed by atoms with van der Waals surface area (Å²) in [7, 11) is 0. The molecule has 0 aromatic heterocycles. The Kier molecular flexibility index (Phi) is 3.32. The third-order valence-corrected chi connectivity index (χ3v) is 3.06. The summed E-state index contributed by atoms with van der Waals surface area (Å²) < 4.78 is 8.36. The second-order valence-corrected chi connectivity index (χ2v) is 4.21. The fourth-order valence-electron chi connectivity index (χ4n) is 1.23. The first-order valence-electron chi connectivity index (χ1n) is 4.60. The molecule has 0 aliphatic carbocycles. The summed E-state index contributed by atoms with van der Waals surface area (Å²) in [6.45, 7) is 0. The van der Waals surface area contributed by atoms with Crippen molar-refractivity contribution < 1.29 is 14.7 Å². The third kappa shape index (κ3) is 2.77. The zero-order valence-electron chi connectivity index (χ0n) is 8.45. The van der Waals surface area contributed by atoms with E-state index in [1.54, 1.807) is 12.1 Å². The maximum atomic E-state index is 11.4. The monoisotopic (exact) mass is 297 g/mol. The van der Waals surface area contributed by atoms with Gasteiger partial charge < -0.3 is 0 Å². The molecule has 1 heterocycles. The molecule has 0 saturated heterocycles. The molecule has 0 atom stereocenters. The summed E-state index contributed by atoms with van der Waals surface area (Å²) in [5.41, 5.74) is 1.96. The molecular weight excluding hydrogens is 289 g/mol. The van der Waals surface area contributed by atoms with E-state index in [4.69, 9.17) is 5.11 Å². The first-order valence-corrected chi connectivity index (χ1v) is 6.13. The van der Waals surface area contributed by atoms with Crippen LogP contribution in [0.4, 0.5) is 17.1 Å². The van der Waals surface area contributed by atoms with Crippen LogP contribution in [0.2, 0.25) is 0 Å². The first kappa shape index (κ1) is 11.5. The minimum absolute atomic E-state index is 0.167. The van der Waals surface area contributed by atoms with Gasteiger partial charge >= 0.3 is 102 Å². The SMILES string of the molecule is O=C(O)/C=C/C(=O)Nc1cccc2c1N=[Se]=N2. The van der Waals surface area contributed by atoms with Crippen LogP contribution in [0.3, 0.4) is 0 Å². The third-order valence-electron chi connectivity index (χ3n) is 1.92. The number of hydrogen-bond donors (Lipinski definition) is 2. The number of anilines is 1. The predicted molar refractivity (Wildman–Crippen MR) is 61.8 cm³/mol. The van der Waals surface area contributed by atoms with Crippen LogP contribution in [-0.2, 0) is 9.59 Å². The Bertz CT molecular complexity index is 588. The van der Waals surface area contributed by atoms with Crippen molar-refractivity contribution in [1.29, 1.82) is 0 Å². The van der Waals surface area contributed by atoms with E-state index >= 15 is 0 Å². The molecule has 1 aromatic carbocycles. The summed E-state index contributed by atoms with van der Waals surface area (Å²) in [4.78, 5) is 21.6. The standard InChI is InChI=1S/C10H7N3O3Se/c14-8(4-5-9(15)16)11-6-2-1-3-7-10(6)13-17-12-7/h1-5H,(H,11,14)(H,15,16)/b5-4+. The van der Waals surface area contributed by atoms with E-state index in [0.717, 1.165) is 17.8 Å². The number of nitrogens with zero attached hydrogens (tertiary/aromatic N) is 2. The van der Waals surface area contributed by atoms with Gasteiger partial charge in [0.05, 0.1) is 0 Å². The van der Waals surface area contributed by atoms with Crippen molar-refractivity contribution in [2.24, 2.45) is 7.92 Å². The number of hydrogen-bond acceptors (Lipinski definition) is 4. The van der Waals surface area contributed by atoms with E-state index in [2.05, 4.69) is 13.2 Å². The zero-order chi connectivity index (χ0) is 12.3. The number of aliphatic carboxylic acids is 1. The van der Waals surface area contributed by atoms with Crippen molar-refractivity contribution in [3.8, 4) is 0 Å². The Morgan fingerprint density at radius 3 is 2.88 bits per heavy atom. The van der Waals surface area contributed by atoms with Gasteiger partial charge in [0.15, 0.2) is 0 Å². The van der Waals surface area contributed by atoms with Gasteiger partial charge in [-0.3, -0.25) is 0 Å². The second kappa shape index (κ2) is 4.90. The number of rotatable bonds is 3. The van der Waals surface area contributed by atoms with Gasteiger partial charge in [-0.2, -0.15) is 0 Å². The van der Waals surface area contributed by atoms with E-state index < -0.39 is 11.9 Å². The Hall–Kier alpha value is -1.98. The van der Waals surface area contributed by atoms with Crippen LogP contribution in [0.5, 0.6) is 0 Å². The van der Waals surface area contributed by atoms with Crippen molar-refractivity contribution in [2.45, 2.75) is 0 Å². The zero-order valence-corrected chi connectivity index (χ0v) is 10.2. The van der Waals surface area contributed by atoms with Crippen molar-refractivity contribution >= 4 is 43.5 Å². The Morgan fingerprint density at radius 1 is 1.29 bits per heavy atom. The minimum atomic E-state index is -1.17. The van der Waals surface area contributed by atoms with E-state index in [1.165, 1.54) is 0 Å². The van der Waals surface area contributed by atoms with Crippen LogP contribution in [0.25, 0.3) is 0 Å². The van der Waals surface area contributed by atoms with Crippen molar-refractivity contribution in [2.75, 3.05) is 5.32 Å². The molecule has 0 unspecified atom stereocenters. The molecule has 1 aliphatic rings. The second-order valence-electron chi connectivity index (χ2n) is 3.10. The molecule has 17 heavy (non-hydrogen) atoms. The summed E-state index contributed by atoms with van der Waals surface area (Å²) in [6.07, 6.45) is 1.74. The maximum absolute atomic E-state index is 11.4. The molecule has 86 valence electrons. The first-order chi connectivity index (χ1) is 8.16. The molecule has 6 nitrogen and oxygen atoms in total. The van der Waals surface area contributed by atoms with Crippen LogP contribution in [0.1, 0.15) is 0 Å². The Balaban J connectivity index is 2.16. The van der Waals surface area contributed by atoms with E-state index in [-0.39, 0.29) is 14.6 Å². The van der Waals surface area contributed by atoms with Gasteiger partial charge in [0.1, 0.15) is 0 Å². The van der Waals surface area contributed by atoms with Gasteiger partial charge in [0, 0.05) is 0 Å². The van der Waals surface area contributed by atoms with E-state index in [0.29, 0.717) is 11.4 Å². The van der Waals surface area contributed by atoms with Gasteiger partial charge in [0.2, 0.25) is 0 Å². The fraction of sp³-hybridized carbons (Fsp3) is 0. The van der Waals surface area contributed by atoms with Crippen molar-refractivity contribution in [3.63, 3.8) is 0 Å². The van der Waals surface area contributed by atoms with Crippen LogP contribution in [0, 0.1) is 0 Å². The molecule has 0 fully saturated rings. The predicted octanol–water partition coefficient (Wildman–Crippen LogP) is 1.61. The molecule has 0 saturated carbocycles. The van der Waals surface area contributed by atoms with Crippen LogP contribution >= 0.6 is 0 Å². The molecule has 1 aromatic rings. The van der Waals surface area contributed by atoms with E-state index in [1.807, 2.05) is 6.07 Å². The molecule has 1 aliphatic heterocycles. The van der Waals surface area contributed by atoms with Gasteiger partial charge in [-0.15, -0.1) is 0 Å². The number of fused-ring (bicyclic) bond motifs is 1. The van der Waals surface area contributed by atoms with Crippen molar-refractivity contribution in [1.82, 2.24) is 0 Å². The average molecular weight is 296 g/mol. The Labute approximate surface area is 102 Å².